The molecule has 2 nitrogen and oxygen atoms in total. The first kappa shape index (κ1) is 14.0. The molecule has 4 aromatic rings. The Bertz CT molecular complexity index is 1160. The third-order valence-corrected chi connectivity index (χ3v) is 4.33. The van der Waals surface area contributed by atoms with Crippen molar-refractivity contribution in [2.24, 2.45) is 0 Å². The predicted octanol–water partition coefficient (Wildman–Crippen LogP) is 5.40. The summed E-state index contributed by atoms with van der Waals surface area (Å²) in [4.78, 5) is 0. The number of nitrogens with zero attached hydrogens (tertiary/aromatic N) is 2. The molecule has 0 aromatic heterocycles. The van der Waals surface area contributed by atoms with Gasteiger partial charge < -0.3 is 0 Å². The Morgan fingerprint density at radius 2 is 1.38 bits per heavy atom. The monoisotopic (exact) mass is 304 g/mol. The molecule has 0 bridgehead atoms. The Kier molecular flexibility index (Phi) is 3.23. The summed E-state index contributed by atoms with van der Waals surface area (Å²) in [5.74, 6) is 0. The Labute approximate surface area is 139 Å². The van der Waals surface area contributed by atoms with Gasteiger partial charge in [-0.3, -0.25) is 0 Å². The van der Waals surface area contributed by atoms with Gasteiger partial charge in [0.15, 0.2) is 0 Å². The highest BCUT2D eigenvalue weighted by molar-refractivity contribution is 6.07. The zero-order valence-corrected chi connectivity index (χ0v) is 12.8. The summed E-state index contributed by atoms with van der Waals surface area (Å²) < 4.78 is 0. The van der Waals surface area contributed by atoms with E-state index < -0.39 is 0 Å². The largest absolute Gasteiger partial charge is 0.192 e. The predicted molar refractivity (Wildman–Crippen MR) is 96.3 cm³/mol. The minimum atomic E-state index is 0.596. The number of benzene rings is 4. The molecule has 4 rings (SSSR count). The van der Waals surface area contributed by atoms with Gasteiger partial charge in [0.2, 0.25) is 0 Å². The van der Waals surface area contributed by atoms with Crippen LogP contribution in [0.1, 0.15) is 11.1 Å². The maximum atomic E-state index is 9.62. The van der Waals surface area contributed by atoms with Crippen molar-refractivity contribution in [3.8, 4) is 23.3 Å². The van der Waals surface area contributed by atoms with Gasteiger partial charge in [-0.15, -0.1) is 0 Å². The first-order chi connectivity index (χ1) is 11.8. The lowest BCUT2D eigenvalue weighted by atomic mass is 9.90. The molecule has 0 saturated heterocycles. The van der Waals surface area contributed by atoms with Crippen molar-refractivity contribution in [2.45, 2.75) is 0 Å². The third-order valence-electron chi connectivity index (χ3n) is 4.33. The van der Waals surface area contributed by atoms with Crippen LogP contribution >= 0.6 is 0 Å². The van der Waals surface area contributed by atoms with E-state index in [1.165, 1.54) is 0 Å². The van der Waals surface area contributed by atoms with Crippen LogP contribution in [0.15, 0.2) is 72.8 Å². The lowest BCUT2D eigenvalue weighted by Gasteiger charge is -2.12. The molecule has 0 atom stereocenters. The van der Waals surface area contributed by atoms with Gasteiger partial charge in [0, 0.05) is 5.56 Å². The van der Waals surface area contributed by atoms with Gasteiger partial charge in [0.25, 0.3) is 0 Å². The molecule has 24 heavy (non-hydrogen) atoms. The van der Waals surface area contributed by atoms with E-state index in [-0.39, 0.29) is 0 Å². The fourth-order valence-corrected chi connectivity index (χ4v) is 3.22. The number of nitriles is 2. The lowest BCUT2D eigenvalue weighted by Crippen LogP contribution is -1.90. The molecule has 2 heteroatoms. The van der Waals surface area contributed by atoms with Crippen molar-refractivity contribution in [1.29, 1.82) is 10.5 Å². The average Bonchev–Trinajstić information content (AvgIpc) is 2.66. The quantitative estimate of drug-likeness (QED) is 0.472. The maximum absolute atomic E-state index is 9.62. The SMILES string of the molecule is N#Cc1ccc2ccc(C#N)c(-c3cccc4ccccc34)c2c1. The van der Waals surface area contributed by atoms with Crippen molar-refractivity contribution in [3.63, 3.8) is 0 Å². The van der Waals surface area contributed by atoms with Crippen molar-refractivity contribution in [1.82, 2.24) is 0 Å². The Morgan fingerprint density at radius 1 is 0.625 bits per heavy atom. The summed E-state index contributed by atoms with van der Waals surface area (Å²) in [7, 11) is 0. The van der Waals surface area contributed by atoms with Crippen LogP contribution in [0, 0.1) is 22.7 Å². The molecule has 0 unspecified atom stereocenters. The van der Waals surface area contributed by atoms with E-state index in [2.05, 4.69) is 30.3 Å². The molecule has 0 fully saturated rings. The molecule has 0 heterocycles. The van der Waals surface area contributed by atoms with Gasteiger partial charge in [0.05, 0.1) is 23.3 Å². The molecule has 0 amide bonds. The zero-order valence-electron chi connectivity index (χ0n) is 12.8. The molecule has 4 aromatic carbocycles. The molecule has 0 radical (unpaired) electrons. The number of hydrogen-bond donors (Lipinski definition) is 0. The van der Waals surface area contributed by atoms with Crippen molar-refractivity contribution < 1.29 is 0 Å². The molecule has 0 N–H and O–H groups in total. The summed E-state index contributed by atoms with van der Waals surface area (Å²) in [6, 6.07) is 28.1. The Hall–Kier alpha value is -3.62. The van der Waals surface area contributed by atoms with Gasteiger partial charge in [-0.25, -0.2) is 0 Å². The molecule has 0 aliphatic heterocycles. The van der Waals surface area contributed by atoms with Gasteiger partial charge in [-0.05, 0) is 45.3 Å². The van der Waals surface area contributed by atoms with Crippen LogP contribution in [-0.2, 0) is 0 Å². The van der Waals surface area contributed by atoms with E-state index in [0.717, 1.165) is 32.7 Å². The van der Waals surface area contributed by atoms with E-state index in [1.54, 1.807) is 6.07 Å². The highest BCUT2D eigenvalue weighted by Crippen LogP contribution is 2.36. The fourth-order valence-electron chi connectivity index (χ4n) is 3.22. The summed E-state index contributed by atoms with van der Waals surface area (Å²) in [6.07, 6.45) is 0. The normalized spacial score (nSPS) is 10.4. The lowest BCUT2D eigenvalue weighted by molar-refractivity contribution is 1.48. The molecule has 0 aliphatic carbocycles. The minimum Gasteiger partial charge on any atom is -0.192 e. The van der Waals surface area contributed by atoms with Gasteiger partial charge >= 0.3 is 0 Å². The first-order valence-electron chi connectivity index (χ1n) is 7.67. The second-order valence-electron chi connectivity index (χ2n) is 5.67. The van der Waals surface area contributed by atoms with E-state index in [4.69, 9.17) is 0 Å². The van der Waals surface area contributed by atoms with E-state index in [0.29, 0.717) is 11.1 Å². The van der Waals surface area contributed by atoms with Crippen LogP contribution in [-0.4, -0.2) is 0 Å². The fraction of sp³-hybridized carbons (Fsp3) is 0. The smallest absolute Gasteiger partial charge is 0.0998 e. The van der Waals surface area contributed by atoms with Gasteiger partial charge in [-0.2, -0.15) is 10.5 Å². The summed E-state index contributed by atoms with van der Waals surface area (Å²) in [5, 5.41) is 23.1. The van der Waals surface area contributed by atoms with Crippen LogP contribution in [0.2, 0.25) is 0 Å². The van der Waals surface area contributed by atoms with Crippen LogP contribution in [0.4, 0.5) is 0 Å². The Balaban J connectivity index is 2.19. The van der Waals surface area contributed by atoms with Gasteiger partial charge in [-0.1, -0.05) is 54.6 Å². The van der Waals surface area contributed by atoms with Crippen molar-refractivity contribution >= 4 is 21.5 Å². The third kappa shape index (κ3) is 2.10. The maximum Gasteiger partial charge on any atom is 0.0998 e. The van der Waals surface area contributed by atoms with E-state index in [9.17, 15) is 10.5 Å². The Morgan fingerprint density at radius 3 is 2.21 bits per heavy atom. The first-order valence-corrected chi connectivity index (χ1v) is 7.67. The summed E-state index contributed by atoms with van der Waals surface area (Å²) >= 11 is 0. The number of fused-ring (bicyclic) bond motifs is 2. The second kappa shape index (κ2) is 5.54. The van der Waals surface area contributed by atoms with Crippen LogP contribution in [0.5, 0.6) is 0 Å². The average molecular weight is 304 g/mol. The molecule has 0 aliphatic rings. The topological polar surface area (TPSA) is 47.6 Å². The van der Waals surface area contributed by atoms with Crippen LogP contribution in [0.3, 0.4) is 0 Å². The van der Waals surface area contributed by atoms with Crippen molar-refractivity contribution in [3.05, 3.63) is 83.9 Å². The summed E-state index contributed by atoms with van der Waals surface area (Å²) in [5.41, 5.74) is 3.13. The van der Waals surface area contributed by atoms with E-state index in [1.807, 2.05) is 48.5 Å². The van der Waals surface area contributed by atoms with E-state index >= 15 is 0 Å². The minimum absolute atomic E-state index is 0.596. The molecule has 0 saturated carbocycles. The number of rotatable bonds is 1. The zero-order chi connectivity index (χ0) is 16.5. The number of hydrogen-bond acceptors (Lipinski definition) is 2. The highest BCUT2D eigenvalue weighted by Gasteiger charge is 2.13. The molecular weight excluding hydrogens is 292 g/mol. The van der Waals surface area contributed by atoms with Gasteiger partial charge in [0.1, 0.15) is 0 Å². The van der Waals surface area contributed by atoms with Crippen molar-refractivity contribution in [2.75, 3.05) is 0 Å². The standard InChI is InChI=1S/C22H12N2/c23-13-15-8-9-17-10-11-18(14-24)22(21(17)12-15)20-7-3-5-16-4-1-2-6-19(16)20/h1-12H. The van der Waals surface area contributed by atoms with Crippen LogP contribution < -0.4 is 0 Å². The molecule has 110 valence electrons. The summed E-state index contributed by atoms with van der Waals surface area (Å²) in [6.45, 7) is 0. The second-order valence-corrected chi connectivity index (χ2v) is 5.67. The highest BCUT2D eigenvalue weighted by atomic mass is 14.3. The molecular formula is C22H12N2. The van der Waals surface area contributed by atoms with Crippen LogP contribution in [0.25, 0.3) is 32.7 Å². The molecule has 0 spiro atoms.